The smallest absolute Gasteiger partial charge is 0.178 e. The summed E-state index contributed by atoms with van der Waals surface area (Å²) in [6.45, 7) is 0. The molecule has 2 aromatic heterocycles. The van der Waals surface area contributed by atoms with Gasteiger partial charge in [-0.3, -0.25) is 4.98 Å². The minimum atomic E-state index is 0.497. The summed E-state index contributed by atoms with van der Waals surface area (Å²) in [7, 11) is 1.83. The van der Waals surface area contributed by atoms with Crippen LogP contribution in [0, 0.1) is 0 Å². The van der Waals surface area contributed by atoms with E-state index in [0.717, 1.165) is 22.8 Å². The minimum Gasteiger partial charge on any atom is -0.370 e. The molecule has 1 N–H and O–H groups in total. The van der Waals surface area contributed by atoms with Gasteiger partial charge < -0.3 is 9.84 Å². The highest BCUT2D eigenvalue weighted by Crippen LogP contribution is 2.46. The molecular weight excluding hydrogens is 238 g/mol. The van der Waals surface area contributed by atoms with E-state index >= 15 is 0 Å². The van der Waals surface area contributed by atoms with Crippen molar-refractivity contribution in [2.24, 2.45) is 0 Å². The average molecular weight is 250 g/mol. The van der Waals surface area contributed by atoms with Crippen LogP contribution in [-0.2, 0) is 0 Å². The molecule has 3 rings (SSSR count). The predicted molar refractivity (Wildman–Crippen MR) is 66.3 cm³/mol. The molecule has 1 fully saturated rings. The SMILES string of the molecule is CNc1noc(C2CC2)c1-c1ccc(Cl)cn1. The van der Waals surface area contributed by atoms with Crippen LogP contribution in [-0.4, -0.2) is 17.2 Å². The zero-order chi connectivity index (χ0) is 11.8. The van der Waals surface area contributed by atoms with E-state index in [4.69, 9.17) is 16.1 Å². The molecule has 1 aliphatic rings. The van der Waals surface area contributed by atoms with Gasteiger partial charge in [-0.25, -0.2) is 0 Å². The van der Waals surface area contributed by atoms with Crippen LogP contribution >= 0.6 is 11.6 Å². The third kappa shape index (κ3) is 1.89. The van der Waals surface area contributed by atoms with E-state index in [1.165, 1.54) is 12.8 Å². The van der Waals surface area contributed by atoms with Crippen LogP contribution in [0.2, 0.25) is 5.02 Å². The van der Waals surface area contributed by atoms with Gasteiger partial charge in [0.25, 0.3) is 0 Å². The van der Waals surface area contributed by atoms with E-state index in [0.29, 0.717) is 10.9 Å². The molecule has 88 valence electrons. The molecule has 0 atom stereocenters. The molecule has 1 saturated carbocycles. The largest absolute Gasteiger partial charge is 0.370 e. The molecule has 2 aromatic rings. The van der Waals surface area contributed by atoms with Gasteiger partial charge in [0.2, 0.25) is 0 Å². The van der Waals surface area contributed by atoms with Gasteiger partial charge in [0, 0.05) is 19.2 Å². The van der Waals surface area contributed by atoms with Crippen molar-refractivity contribution in [3.8, 4) is 11.3 Å². The van der Waals surface area contributed by atoms with Gasteiger partial charge in [0.05, 0.1) is 16.3 Å². The first-order valence-corrected chi connectivity index (χ1v) is 5.96. The number of hydrogen-bond acceptors (Lipinski definition) is 4. The summed E-state index contributed by atoms with van der Waals surface area (Å²) in [4.78, 5) is 4.33. The normalized spacial score (nSPS) is 14.9. The fourth-order valence-corrected chi connectivity index (χ4v) is 1.98. The van der Waals surface area contributed by atoms with E-state index in [1.54, 1.807) is 6.20 Å². The van der Waals surface area contributed by atoms with Gasteiger partial charge in [-0.2, -0.15) is 0 Å². The molecule has 2 heterocycles. The minimum absolute atomic E-state index is 0.497. The Morgan fingerprint density at radius 1 is 1.41 bits per heavy atom. The summed E-state index contributed by atoms with van der Waals surface area (Å²) in [5.74, 6) is 2.17. The van der Waals surface area contributed by atoms with Crippen molar-refractivity contribution in [2.45, 2.75) is 18.8 Å². The molecule has 4 nitrogen and oxygen atoms in total. The Balaban J connectivity index is 2.10. The van der Waals surface area contributed by atoms with Crippen molar-refractivity contribution in [3.63, 3.8) is 0 Å². The summed E-state index contributed by atoms with van der Waals surface area (Å²) in [5, 5.41) is 7.70. The van der Waals surface area contributed by atoms with Crippen molar-refractivity contribution >= 4 is 17.4 Å². The number of nitrogens with zero attached hydrogens (tertiary/aromatic N) is 2. The lowest BCUT2D eigenvalue weighted by atomic mass is 10.1. The molecule has 1 aliphatic carbocycles. The molecule has 17 heavy (non-hydrogen) atoms. The molecular formula is C12H12ClN3O. The first-order valence-electron chi connectivity index (χ1n) is 5.59. The number of aromatic nitrogens is 2. The van der Waals surface area contributed by atoms with Crippen molar-refractivity contribution in [3.05, 3.63) is 29.1 Å². The first kappa shape index (κ1) is 10.6. The lowest BCUT2D eigenvalue weighted by molar-refractivity contribution is 0.387. The standard InChI is InChI=1S/C12H12ClN3O/c1-14-12-10(9-5-4-8(13)6-15-9)11(17-16-12)7-2-3-7/h4-7H,2-3H2,1H3,(H,14,16). The van der Waals surface area contributed by atoms with Gasteiger partial charge in [0.1, 0.15) is 0 Å². The van der Waals surface area contributed by atoms with Crippen LogP contribution in [0.1, 0.15) is 24.5 Å². The van der Waals surface area contributed by atoms with Crippen LogP contribution in [0.3, 0.4) is 0 Å². The van der Waals surface area contributed by atoms with Gasteiger partial charge >= 0.3 is 0 Å². The number of halogens is 1. The number of nitrogens with one attached hydrogen (secondary N) is 1. The monoisotopic (exact) mass is 249 g/mol. The van der Waals surface area contributed by atoms with E-state index < -0.39 is 0 Å². The fourth-order valence-electron chi connectivity index (χ4n) is 1.87. The number of pyridine rings is 1. The van der Waals surface area contributed by atoms with Crippen LogP contribution in [0.25, 0.3) is 11.3 Å². The molecule has 0 saturated heterocycles. The summed E-state index contributed by atoms with van der Waals surface area (Å²) >= 11 is 5.84. The zero-order valence-electron chi connectivity index (χ0n) is 9.40. The van der Waals surface area contributed by atoms with Crippen LogP contribution in [0.5, 0.6) is 0 Å². The second-order valence-electron chi connectivity index (χ2n) is 4.16. The highest BCUT2D eigenvalue weighted by Gasteiger charge is 2.33. The third-order valence-corrected chi connectivity index (χ3v) is 3.11. The summed E-state index contributed by atoms with van der Waals surface area (Å²) in [6, 6.07) is 3.72. The second-order valence-corrected chi connectivity index (χ2v) is 4.59. The number of rotatable bonds is 3. The molecule has 5 heteroatoms. The Morgan fingerprint density at radius 3 is 2.82 bits per heavy atom. The summed E-state index contributed by atoms with van der Waals surface area (Å²) in [5.41, 5.74) is 1.81. The van der Waals surface area contributed by atoms with E-state index in [-0.39, 0.29) is 0 Å². The Kier molecular flexibility index (Phi) is 2.52. The van der Waals surface area contributed by atoms with Crippen LogP contribution < -0.4 is 5.32 Å². The molecule has 0 aliphatic heterocycles. The number of hydrogen-bond donors (Lipinski definition) is 1. The highest BCUT2D eigenvalue weighted by atomic mass is 35.5. The summed E-state index contributed by atoms with van der Waals surface area (Å²) < 4.78 is 5.41. The van der Waals surface area contributed by atoms with E-state index in [9.17, 15) is 0 Å². The third-order valence-electron chi connectivity index (χ3n) is 2.89. The Hall–Kier alpha value is -1.55. The molecule has 0 radical (unpaired) electrons. The molecule has 0 aromatic carbocycles. The lowest BCUT2D eigenvalue weighted by Crippen LogP contribution is -1.93. The molecule has 0 spiro atoms. The Bertz CT molecular complexity index is 531. The second kappa shape index (κ2) is 4.04. The molecule has 0 amide bonds. The van der Waals surface area contributed by atoms with Crippen molar-refractivity contribution in [1.82, 2.24) is 10.1 Å². The quantitative estimate of drug-likeness (QED) is 0.907. The Morgan fingerprint density at radius 2 is 2.24 bits per heavy atom. The van der Waals surface area contributed by atoms with Crippen molar-refractivity contribution in [1.29, 1.82) is 0 Å². The lowest BCUT2D eigenvalue weighted by Gasteiger charge is -2.02. The topological polar surface area (TPSA) is 51.0 Å². The molecule has 0 unspecified atom stereocenters. The average Bonchev–Trinajstić information content (AvgIpc) is 3.10. The van der Waals surface area contributed by atoms with Gasteiger partial charge in [-0.05, 0) is 25.0 Å². The zero-order valence-corrected chi connectivity index (χ0v) is 10.2. The van der Waals surface area contributed by atoms with Gasteiger partial charge in [-0.1, -0.05) is 16.8 Å². The van der Waals surface area contributed by atoms with E-state index in [2.05, 4.69) is 15.5 Å². The Labute approximate surface area is 104 Å². The van der Waals surface area contributed by atoms with Crippen LogP contribution in [0.4, 0.5) is 5.82 Å². The van der Waals surface area contributed by atoms with Crippen molar-refractivity contribution in [2.75, 3.05) is 12.4 Å². The maximum atomic E-state index is 5.84. The number of anilines is 1. The van der Waals surface area contributed by atoms with E-state index in [1.807, 2.05) is 19.2 Å². The molecule has 0 bridgehead atoms. The maximum absolute atomic E-state index is 5.84. The first-order chi connectivity index (χ1) is 8.29. The fraction of sp³-hybridized carbons (Fsp3) is 0.333. The summed E-state index contributed by atoms with van der Waals surface area (Å²) in [6.07, 6.45) is 3.97. The van der Waals surface area contributed by atoms with Gasteiger partial charge in [-0.15, -0.1) is 0 Å². The highest BCUT2D eigenvalue weighted by molar-refractivity contribution is 6.30. The van der Waals surface area contributed by atoms with Crippen LogP contribution in [0.15, 0.2) is 22.9 Å². The van der Waals surface area contributed by atoms with Crippen molar-refractivity contribution < 1.29 is 4.52 Å². The maximum Gasteiger partial charge on any atom is 0.178 e. The predicted octanol–water partition coefficient (Wildman–Crippen LogP) is 3.31. The van der Waals surface area contributed by atoms with Gasteiger partial charge in [0.15, 0.2) is 11.6 Å².